The second kappa shape index (κ2) is 7.19. The second-order valence-corrected chi connectivity index (χ2v) is 6.46. The first kappa shape index (κ1) is 17.4. The van der Waals surface area contributed by atoms with Gasteiger partial charge in [0, 0.05) is 28.2 Å². The summed E-state index contributed by atoms with van der Waals surface area (Å²) in [6, 6.07) is 13.8. The minimum Gasteiger partial charge on any atom is -0.497 e. The van der Waals surface area contributed by atoms with Gasteiger partial charge >= 0.3 is 0 Å². The Kier molecular flexibility index (Phi) is 5.00. The predicted molar refractivity (Wildman–Crippen MR) is 101 cm³/mol. The van der Waals surface area contributed by atoms with Gasteiger partial charge in [0.05, 0.1) is 13.5 Å². The van der Waals surface area contributed by atoms with Crippen LogP contribution in [0.1, 0.15) is 23.7 Å². The van der Waals surface area contributed by atoms with E-state index in [4.69, 9.17) is 22.1 Å². The van der Waals surface area contributed by atoms with E-state index >= 15 is 0 Å². The molecule has 4 nitrogen and oxygen atoms in total. The maximum atomic E-state index is 11.6. The highest BCUT2D eigenvalue weighted by molar-refractivity contribution is 6.30. The lowest BCUT2D eigenvalue weighted by molar-refractivity contribution is -0.117. The fourth-order valence-corrected chi connectivity index (χ4v) is 3.57. The van der Waals surface area contributed by atoms with E-state index in [1.807, 2.05) is 36.4 Å². The topological polar surface area (TPSA) is 57.3 Å². The molecular weight excluding hydrogens is 336 g/mol. The van der Waals surface area contributed by atoms with Crippen LogP contribution in [0.15, 0.2) is 42.5 Å². The number of nitrogens with zero attached hydrogens (tertiary/aromatic N) is 1. The molecule has 2 aromatic carbocycles. The summed E-state index contributed by atoms with van der Waals surface area (Å²) in [6.07, 6.45) is 1.02. The van der Waals surface area contributed by atoms with Crippen LogP contribution >= 0.6 is 11.6 Å². The molecule has 0 unspecified atom stereocenters. The van der Waals surface area contributed by atoms with E-state index in [0.717, 1.165) is 39.9 Å². The molecule has 0 fully saturated rings. The average molecular weight is 357 g/mol. The molecule has 3 rings (SSSR count). The zero-order valence-corrected chi connectivity index (χ0v) is 15.1. The zero-order chi connectivity index (χ0) is 18.0. The number of benzene rings is 2. The maximum absolute atomic E-state index is 11.6. The van der Waals surface area contributed by atoms with Crippen molar-refractivity contribution in [2.24, 2.45) is 5.73 Å². The molecule has 25 heavy (non-hydrogen) atoms. The first-order valence-electron chi connectivity index (χ1n) is 8.24. The minimum atomic E-state index is -0.334. The van der Waals surface area contributed by atoms with Gasteiger partial charge in [-0.05, 0) is 47.9 Å². The summed E-state index contributed by atoms with van der Waals surface area (Å²) in [5.74, 6) is 0.431. The Morgan fingerprint density at radius 2 is 2.04 bits per heavy atom. The number of aromatic nitrogens is 1. The molecule has 1 aromatic heterocycles. The number of carbonyl (C=O) groups is 1. The lowest BCUT2D eigenvalue weighted by atomic mass is 10.1. The average Bonchev–Trinajstić information content (AvgIpc) is 2.86. The minimum absolute atomic E-state index is 0.218. The Hall–Kier alpha value is -2.46. The van der Waals surface area contributed by atoms with Crippen LogP contribution in [-0.2, 0) is 24.2 Å². The van der Waals surface area contributed by atoms with Gasteiger partial charge in [-0.2, -0.15) is 0 Å². The zero-order valence-electron chi connectivity index (χ0n) is 14.4. The predicted octanol–water partition coefficient (Wildman–Crippen LogP) is 3.94. The highest BCUT2D eigenvalue weighted by atomic mass is 35.5. The summed E-state index contributed by atoms with van der Waals surface area (Å²) in [6.45, 7) is 2.77. The fraction of sp³-hybridized carbons (Fsp3) is 0.250. The van der Waals surface area contributed by atoms with Gasteiger partial charge in [-0.15, -0.1) is 0 Å². The van der Waals surface area contributed by atoms with Crippen molar-refractivity contribution in [2.75, 3.05) is 7.11 Å². The number of primary amides is 1. The SMILES string of the molecule is CCc1c(CC(N)=O)c2cc(OC)ccc2n1Cc1cccc(Cl)c1. The molecule has 1 heterocycles. The van der Waals surface area contributed by atoms with Gasteiger partial charge in [0.25, 0.3) is 0 Å². The summed E-state index contributed by atoms with van der Waals surface area (Å²) < 4.78 is 7.59. The van der Waals surface area contributed by atoms with Crippen LogP contribution in [0.2, 0.25) is 5.02 Å². The van der Waals surface area contributed by atoms with Crippen molar-refractivity contribution in [1.82, 2.24) is 4.57 Å². The lowest BCUT2D eigenvalue weighted by Gasteiger charge is -2.11. The Bertz CT molecular complexity index is 931. The molecule has 1 amide bonds. The van der Waals surface area contributed by atoms with Crippen molar-refractivity contribution in [3.63, 3.8) is 0 Å². The second-order valence-electron chi connectivity index (χ2n) is 6.02. The van der Waals surface area contributed by atoms with Gasteiger partial charge in [0.1, 0.15) is 5.75 Å². The highest BCUT2D eigenvalue weighted by Crippen LogP contribution is 2.31. The van der Waals surface area contributed by atoms with Gasteiger partial charge in [0.2, 0.25) is 5.91 Å². The molecule has 0 radical (unpaired) electrons. The Morgan fingerprint density at radius 1 is 1.24 bits per heavy atom. The number of hydrogen-bond donors (Lipinski definition) is 1. The van der Waals surface area contributed by atoms with Gasteiger partial charge in [-0.3, -0.25) is 4.79 Å². The molecule has 2 N–H and O–H groups in total. The van der Waals surface area contributed by atoms with Crippen molar-refractivity contribution in [2.45, 2.75) is 26.3 Å². The summed E-state index contributed by atoms with van der Waals surface area (Å²) in [7, 11) is 1.64. The molecule has 0 aliphatic heterocycles. The van der Waals surface area contributed by atoms with E-state index in [0.29, 0.717) is 11.6 Å². The number of halogens is 1. The summed E-state index contributed by atoms with van der Waals surface area (Å²) in [4.78, 5) is 11.6. The van der Waals surface area contributed by atoms with Crippen LogP contribution < -0.4 is 10.5 Å². The van der Waals surface area contributed by atoms with Crippen LogP contribution in [0.4, 0.5) is 0 Å². The molecule has 5 heteroatoms. The third-order valence-electron chi connectivity index (χ3n) is 4.41. The first-order chi connectivity index (χ1) is 12.0. The molecule has 130 valence electrons. The van der Waals surface area contributed by atoms with Gasteiger partial charge in [0.15, 0.2) is 0 Å². The van der Waals surface area contributed by atoms with Crippen molar-refractivity contribution in [3.05, 3.63) is 64.3 Å². The smallest absolute Gasteiger partial charge is 0.221 e. The lowest BCUT2D eigenvalue weighted by Crippen LogP contribution is -2.15. The largest absolute Gasteiger partial charge is 0.497 e. The highest BCUT2D eigenvalue weighted by Gasteiger charge is 2.18. The van der Waals surface area contributed by atoms with Crippen LogP contribution in [-0.4, -0.2) is 17.6 Å². The van der Waals surface area contributed by atoms with Gasteiger partial charge in [-0.25, -0.2) is 0 Å². The van der Waals surface area contributed by atoms with Crippen molar-refractivity contribution < 1.29 is 9.53 Å². The van der Waals surface area contributed by atoms with Crippen LogP contribution in [0.3, 0.4) is 0 Å². The summed E-state index contributed by atoms with van der Waals surface area (Å²) >= 11 is 6.13. The van der Waals surface area contributed by atoms with Gasteiger partial charge in [-0.1, -0.05) is 30.7 Å². The monoisotopic (exact) mass is 356 g/mol. The molecule has 0 saturated carbocycles. The molecule has 0 aliphatic rings. The van der Waals surface area contributed by atoms with E-state index in [1.165, 1.54) is 0 Å². The third-order valence-corrected chi connectivity index (χ3v) is 4.64. The number of methoxy groups -OCH3 is 1. The van der Waals surface area contributed by atoms with Crippen LogP contribution in [0.5, 0.6) is 5.75 Å². The molecular formula is C20H21ClN2O2. The summed E-state index contributed by atoms with van der Waals surface area (Å²) in [5.41, 5.74) is 9.76. The Labute approximate surface area is 152 Å². The molecule has 3 aromatic rings. The number of ether oxygens (including phenoxy) is 1. The van der Waals surface area contributed by atoms with Gasteiger partial charge < -0.3 is 15.0 Å². The molecule has 0 atom stereocenters. The van der Waals surface area contributed by atoms with Crippen LogP contribution in [0.25, 0.3) is 10.9 Å². The number of nitrogens with two attached hydrogens (primary N) is 1. The van der Waals surface area contributed by atoms with Crippen molar-refractivity contribution >= 4 is 28.4 Å². The Balaban J connectivity index is 2.20. The Morgan fingerprint density at radius 3 is 2.68 bits per heavy atom. The molecule has 0 spiro atoms. The number of hydrogen-bond acceptors (Lipinski definition) is 2. The van der Waals surface area contributed by atoms with E-state index in [1.54, 1.807) is 7.11 Å². The van der Waals surface area contributed by atoms with E-state index in [-0.39, 0.29) is 12.3 Å². The first-order valence-corrected chi connectivity index (χ1v) is 8.62. The quantitative estimate of drug-likeness (QED) is 0.727. The number of amides is 1. The number of carbonyl (C=O) groups excluding carboxylic acids is 1. The normalized spacial score (nSPS) is 11.0. The van der Waals surface area contributed by atoms with Crippen molar-refractivity contribution in [1.29, 1.82) is 0 Å². The summed E-state index contributed by atoms with van der Waals surface area (Å²) in [5, 5.41) is 1.73. The van der Waals surface area contributed by atoms with Crippen LogP contribution in [0, 0.1) is 0 Å². The van der Waals surface area contributed by atoms with E-state index in [9.17, 15) is 4.79 Å². The van der Waals surface area contributed by atoms with E-state index in [2.05, 4.69) is 17.6 Å². The molecule has 0 bridgehead atoms. The fourth-order valence-electron chi connectivity index (χ4n) is 3.36. The number of rotatable bonds is 6. The number of fused-ring (bicyclic) bond motifs is 1. The maximum Gasteiger partial charge on any atom is 0.221 e. The standard InChI is InChI=1S/C20H21ClN2O2/c1-3-18-17(11-20(22)24)16-10-15(25-2)7-8-19(16)23(18)12-13-5-4-6-14(21)9-13/h4-10H,3,11-12H2,1-2H3,(H2,22,24). The molecule has 0 saturated heterocycles. The molecule has 0 aliphatic carbocycles. The van der Waals surface area contributed by atoms with Crippen molar-refractivity contribution in [3.8, 4) is 5.75 Å². The van der Waals surface area contributed by atoms with E-state index < -0.39 is 0 Å². The third kappa shape index (κ3) is 3.49.